The van der Waals surface area contributed by atoms with Gasteiger partial charge in [0.2, 0.25) is 0 Å². The van der Waals surface area contributed by atoms with E-state index < -0.39 is 0 Å². The van der Waals surface area contributed by atoms with Crippen molar-refractivity contribution in [3.8, 4) is 11.5 Å². The minimum Gasteiger partial charge on any atom is -0.504 e. The Kier molecular flexibility index (Phi) is 5.15. The third-order valence-electron chi connectivity index (χ3n) is 2.74. The number of halogens is 1. The number of nitrogens with zero attached hydrogens (tertiary/aromatic N) is 1. The Morgan fingerprint density at radius 1 is 1.29 bits per heavy atom. The predicted molar refractivity (Wildman–Crippen MR) is 88.9 cm³/mol. The maximum absolute atomic E-state index is 11.9. The Bertz CT molecular complexity index is 686. The van der Waals surface area contributed by atoms with Crippen molar-refractivity contribution in [3.05, 3.63) is 57.2 Å². The standard InChI is InChI=1S/C15H13IN2O3/c1-21-13-8-4-5-10(14(13)19)9-17-18-15(20)11-6-2-3-7-12(11)16/h2-9,19H,1H3,(H,18,20). The molecular weight excluding hydrogens is 383 g/mol. The molecule has 0 radical (unpaired) electrons. The van der Waals surface area contributed by atoms with Crippen LogP contribution >= 0.6 is 22.6 Å². The Morgan fingerprint density at radius 3 is 2.76 bits per heavy atom. The van der Waals surface area contributed by atoms with Gasteiger partial charge in [0.15, 0.2) is 11.5 Å². The molecule has 0 bridgehead atoms. The number of para-hydroxylation sites is 1. The van der Waals surface area contributed by atoms with E-state index in [0.29, 0.717) is 16.9 Å². The van der Waals surface area contributed by atoms with E-state index >= 15 is 0 Å². The van der Waals surface area contributed by atoms with Crippen molar-refractivity contribution in [2.24, 2.45) is 5.10 Å². The third-order valence-corrected chi connectivity index (χ3v) is 3.68. The lowest BCUT2D eigenvalue weighted by Crippen LogP contribution is -2.18. The summed E-state index contributed by atoms with van der Waals surface area (Å²) in [6.45, 7) is 0. The molecule has 2 aromatic carbocycles. The van der Waals surface area contributed by atoms with Gasteiger partial charge in [-0.1, -0.05) is 18.2 Å². The first-order valence-electron chi connectivity index (χ1n) is 6.07. The van der Waals surface area contributed by atoms with Gasteiger partial charge in [-0.25, -0.2) is 5.43 Å². The summed E-state index contributed by atoms with van der Waals surface area (Å²) in [4.78, 5) is 11.9. The second-order valence-electron chi connectivity index (χ2n) is 4.08. The summed E-state index contributed by atoms with van der Waals surface area (Å²) < 4.78 is 5.84. The van der Waals surface area contributed by atoms with Gasteiger partial charge in [-0.3, -0.25) is 4.79 Å². The van der Waals surface area contributed by atoms with Crippen molar-refractivity contribution >= 4 is 34.7 Å². The van der Waals surface area contributed by atoms with Crippen LogP contribution in [0, 0.1) is 3.57 Å². The van der Waals surface area contributed by atoms with E-state index in [9.17, 15) is 9.90 Å². The molecule has 5 nitrogen and oxygen atoms in total. The second kappa shape index (κ2) is 7.07. The molecule has 0 saturated carbocycles. The third kappa shape index (κ3) is 3.72. The number of aromatic hydroxyl groups is 1. The molecule has 0 aliphatic heterocycles. The van der Waals surface area contributed by atoms with Gasteiger partial charge < -0.3 is 9.84 Å². The topological polar surface area (TPSA) is 70.9 Å². The lowest BCUT2D eigenvalue weighted by atomic mass is 10.2. The van der Waals surface area contributed by atoms with Gasteiger partial charge in [-0.05, 0) is 46.9 Å². The van der Waals surface area contributed by atoms with Gasteiger partial charge >= 0.3 is 0 Å². The number of ether oxygens (including phenoxy) is 1. The van der Waals surface area contributed by atoms with Crippen molar-refractivity contribution in [2.45, 2.75) is 0 Å². The number of hydrogen-bond donors (Lipinski definition) is 2. The van der Waals surface area contributed by atoms with Crippen LogP contribution in [0.25, 0.3) is 0 Å². The zero-order valence-electron chi connectivity index (χ0n) is 11.2. The van der Waals surface area contributed by atoms with Crippen molar-refractivity contribution in [2.75, 3.05) is 7.11 Å². The molecular formula is C15H13IN2O3. The largest absolute Gasteiger partial charge is 0.504 e. The summed E-state index contributed by atoms with van der Waals surface area (Å²) >= 11 is 2.08. The van der Waals surface area contributed by atoms with Gasteiger partial charge in [0.05, 0.1) is 18.9 Å². The quantitative estimate of drug-likeness (QED) is 0.475. The van der Waals surface area contributed by atoms with Crippen molar-refractivity contribution in [1.29, 1.82) is 0 Å². The molecule has 0 unspecified atom stereocenters. The average Bonchev–Trinajstić information content (AvgIpc) is 2.49. The zero-order chi connectivity index (χ0) is 15.2. The van der Waals surface area contributed by atoms with Crippen LogP contribution in [0.5, 0.6) is 11.5 Å². The van der Waals surface area contributed by atoms with E-state index in [-0.39, 0.29) is 11.7 Å². The van der Waals surface area contributed by atoms with Gasteiger partial charge in [0, 0.05) is 9.13 Å². The summed E-state index contributed by atoms with van der Waals surface area (Å²) in [5, 5.41) is 13.7. The van der Waals surface area contributed by atoms with Crippen LogP contribution in [0.15, 0.2) is 47.6 Å². The highest BCUT2D eigenvalue weighted by atomic mass is 127. The first-order chi connectivity index (χ1) is 10.1. The number of phenols is 1. The first kappa shape index (κ1) is 15.3. The number of carbonyl (C=O) groups excluding carboxylic acids is 1. The van der Waals surface area contributed by atoms with Crippen LogP contribution in [0.2, 0.25) is 0 Å². The van der Waals surface area contributed by atoms with Gasteiger partial charge in [-0.15, -0.1) is 0 Å². The number of hydrazone groups is 1. The van der Waals surface area contributed by atoms with Crippen LogP contribution in [0.4, 0.5) is 0 Å². The summed E-state index contributed by atoms with van der Waals surface area (Å²) in [6, 6.07) is 12.2. The fraction of sp³-hybridized carbons (Fsp3) is 0.0667. The fourth-order valence-corrected chi connectivity index (χ4v) is 2.31. The first-order valence-corrected chi connectivity index (χ1v) is 7.15. The Morgan fingerprint density at radius 2 is 2.05 bits per heavy atom. The van der Waals surface area contributed by atoms with Crippen LogP contribution in [0.1, 0.15) is 15.9 Å². The molecule has 0 aliphatic carbocycles. The van der Waals surface area contributed by atoms with E-state index in [0.717, 1.165) is 3.57 Å². The molecule has 2 rings (SSSR count). The number of nitrogens with one attached hydrogen (secondary N) is 1. The number of benzene rings is 2. The van der Waals surface area contributed by atoms with Crippen LogP contribution in [-0.4, -0.2) is 24.3 Å². The monoisotopic (exact) mass is 396 g/mol. The van der Waals surface area contributed by atoms with E-state index in [1.54, 1.807) is 30.3 Å². The fourth-order valence-electron chi connectivity index (χ4n) is 1.67. The average molecular weight is 396 g/mol. The summed E-state index contributed by atoms with van der Waals surface area (Å²) in [6.07, 6.45) is 1.37. The van der Waals surface area contributed by atoms with E-state index in [4.69, 9.17) is 4.74 Å². The summed E-state index contributed by atoms with van der Waals surface area (Å²) in [5.41, 5.74) is 3.43. The van der Waals surface area contributed by atoms with E-state index in [1.165, 1.54) is 13.3 Å². The van der Waals surface area contributed by atoms with Crippen molar-refractivity contribution in [3.63, 3.8) is 0 Å². The minimum atomic E-state index is -0.307. The van der Waals surface area contributed by atoms with Crippen LogP contribution < -0.4 is 10.2 Å². The van der Waals surface area contributed by atoms with E-state index in [1.807, 2.05) is 12.1 Å². The Balaban J connectivity index is 2.10. The Hall–Kier alpha value is -2.09. The maximum atomic E-state index is 11.9. The molecule has 2 aromatic rings. The minimum absolute atomic E-state index is 0.0210. The smallest absolute Gasteiger partial charge is 0.272 e. The maximum Gasteiger partial charge on any atom is 0.272 e. The van der Waals surface area contributed by atoms with Gasteiger partial charge in [0.25, 0.3) is 5.91 Å². The number of methoxy groups -OCH3 is 1. The molecule has 0 aromatic heterocycles. The highest BCUT2D eigenvalue weighted by Gasteiger charge is 2.08. The lowest BCUT2D eigenvalue weighted by molar-refractivity contribution is 0.0954. The predicted octanol–water partition coefficient (Wildman–Crippen LogP) is 2.77. The number of amides is 1. The molecule has 0 atom stereocenters. The normalized spacial score (nSPS) is 10.6. The van der Waals surface area contributed by atoms with Crippen molar-refractivity contribution < 1.29 is 14.6 Å². The zero-order valence-corrected chi connectivity index (χ0v) is 13.4. The van der Waals surface area contributed by atoms with Crippen LogP contribution in [0.3, 0.4) is 0 Å². The number of phenolic OH excluding ortho intramolecular Hbond substituents is 1. The molecule has 0 fully saturated rings. The highest BCUT2D eigenvalue weighted by molar-refractivity contribution is 14.1. The molecule has 6 heteroatoms. The Labute approximate surface area is 135 Å². The molecule has 21 heavy (non-hydrogen) atoms. The molecule has 0 heterocycles. The molecule has 0 saturated heterocycles. The SMILES string of the molecule is COc1cccc(C=NNC(=O)c2ccccc2I)c1O. The van der Waals surface area contributed by atoms with Crippen molar-refractivity contribution in [1.82, 2.24) is 5.43 Å². The van der Waals surface area contributed by atoms with Gasteiger partial charge in [0.1, 0.15) is 0 Å². The molecule has 0 spiro atoms. The second-order valence-corrected chi connectivity index (χ2v) is 5.24. The number of carbonyl (C=O) groups is 1. The molecule has 0 aliphatic rings. The van der Waals surface area contributed by atoms with Crippen LogP contribution in [-0.2, 0) is 0 Å². The summed E-state index contributed by atoms with van der Waals surface area (Å²) in [7, 11) is 1.47. The number of hydrogen-bond acceptors (Lipinski definition) is 4. The molecule has 108 valence electrons. The van der Waals surface area contributed by atoms with Gasteiger partial charge in [-0.2, -0.15) is 5.10 Å². The molecule has 2 N–H and O–H groups in total. The molecule has 1 amide bonds. The van der Waals surface area contributed by atoms with E-state index in [2.05, 4.69) is 33.1 Å². The lowest BCUT2D eigenvalue weighted by Gasteiger charge is -2.05. The summed E-state index contributed by atoms with van der Waals surface area (Å²) in [5.74, 6) is 0.0220. The number of rotatable bonds is 4. The highest BCUT2D eigenvalue weighted by Crippen LogP contribution is 2.27.